The maximum atomic E-state index is 11.9. The van der Waals surface area contributed by atoms with Gasteiger partial charge in [-0.05, 0) is 46.6 Å². The van der Waals surface area contributed by atoms with E-state index in [1.165, 1.54) is 0 Å². The molecule has 0 saturated heterocycles. The minimum absolute atomic E-state index is 0.290. The Morgan fingerprint density at radius 2 is 2.06 bits per heavy atom. The Morgan fingerprint density at radius 3 is 2.59 bits per heavy atom. The van der Waals surface area contributed by atoms with Gasteiger partial charge < -0.3 is 10.1 Å². The molecule has 0 amide bonds. The zero-order valence-corrected chi connectivity index (χ0v) is 10.9. The van der Waals surface area contributed by atoms with Crippen molar-refractivity contribution in [1.29, 1.82) is 0 Å². The average Bonchev–Trinajstić information content (AvgIpc) is 2.23. The summed E-state index contributed by atoms with van der Waals surface area (Å²) in [6, 6.07) is 5.45. The van der Waals surface area contributed by atoms with Gasteiger partial charge in [-0.1, -0.05) is 6.07 Å². The van der Waals surface area contributed by atoms with E-state index in [-0.39, 0.29) is 6.54 Å². The van der Waals surface area contributed by atoms with Gasteiger partial charge in [-0.2, -0.15) is 13.2 Å². The highest BCUT2D eigenvalue weighted by molar-refractivity contribution is 9.10. The Morgan fingerprint density at radius 1 is 1.35 bits per heavy atom. The lowest BCUT2D eigenvalue weighted by molar-refractivity contribution is -0.124. The molecule has 0 atom stereocenters. The number of methoxy groups -OCH3 is 1. The third-order valence-corrected chi connectivity index (χ3v) is 2.75. The number of alkyl halides is 3. The minimum atomic E-state index is -4.15. The molecule has 0 heterocycles. The average molecular weight is 312 g/mol. The molecule has 1 N–H and O–H groups in total. The van der Waals surface area contributed by atoms with Crippen LogP contribution in [-0.2, 0) is 6.42 Å². The van der Waals surface area contributed by atoms with Crippen LogP contribution in [0.1, 0.15) is 5.56 Å². The van der Waals surface area contributed by atoms with Gasteiger partial charge in [0.15, 0.2) is 0 Å². The van der Waals surface area contributed by atoms with Crippen molar-refractivity contribution in [1.82, 2.24) is 5.32 Å². The summed E-state index contributed by atoms with van der Waals surface area (Å²) in [6.07, 6.45) is -3.61. The summed E-state index contributed by atoms with van der Waals surface area (Å²) < 4.78 is 41.4. The first-order valence-electron chi connectivity index (χ1n) is 5.02. The highest BCUT2D eigenvalue weighted by atomic mass is 79.9. The normalized spacial score (nSPS) is 11.6. The van der Waals surface area contributed by atoms with Crippen LogP contribution in [0.25, 0.3) is 0 Å². The molecule has 6 heteroatoms. The Balaban J connectivity index is 2.40. The van der Waals surface area contributed by atoms with E-state index >= 15 is 0 Å². The first kappa shape index (κ1) is 14.3. The number of halogens is 4. The van der Waals surface area contributed by atoms with Crippen molar-refractivity contribution in [2.24, 2.45) is 0 Å². The first-order chi connectivity index (χ1) is 7.92. The van der Waals surface area contributed by atoms with Gasteiger partial charge in [-0.3, -0.25) is 0 Å². The lowest BCUT2D eigenvalue weighted by Gasteiger charge is -2.09. The fourth-order valence-electron chi connectivity index (χ4n) is 1.33. The number of nitrogens with one attached hydrogen (secondary N) is 1. The fraction of sp³-hybridized carbons (Fsp3) is 0.455. The fourth-order valence-corrected chi connectivity index (χ4v) is 1.92. The smallest absolute Gasteiger partial charge is 0.401 e. The van der Waals surface area contributed by atoms with Crippen molar-refractivity contribution in [2.45, 2.75) is 12.6 Å². The second kappa shape index (κ2) is 6.26. The molecule has 17 heavy (non-hydrogen) atoms. The molecule has 2 nitrogen and oxygen atoms in total. The molecule has 0 radical (unpaired) electrons. The Bertz CT molecular complexity index is 368. The van der Waals surface area contributed by atoms with E-state index in [9.17, 15) is 13.2 Å². The second-order valence-electron chi connectivity index (χ2n) is 3.51. The molecule has 0 aromatic heterocycles. The van der Waals surface area contributed by atoms with E-state index in [0.717, 1.165) is 10.0 Å². The summed E-state index contributed by atoms with van der Waals surface area (Å²) in [5, 5.41) is 2.35. The molecule has 1 aromatic carbocycles. The Kier molecular flexibility index (Phi) is 5.27. The van der Waals surface area contributed by atoms with Crippen LogP contribution in [0.2, 0.25) is 0 Å². The van der Waals surface area contributed by atoms with Crippen LogP contribution in [0.5, 0.6) is 5.75 Å². The minimum Gasteiger partial charge on any atom is -0.496 e. The van der Waals surface area contributed by atoms with Crippen LogP contribution in [-0.4, -0.2) is 26.4 Å². The van der Waals surface area contributed by atoms with E-state index < -0.39 is 12.7 Å². The SMILES string of the molecule is COc1ccc(CCNCC(F)(F)F)cc1Br. The van der Waals surface area contributed by atoms with Gasteiger partial charge >= 0.3 is 6.18 Å². The molecule has 0 spiro atoms. The summed E-state index contributed by atoms with van der Waals surface area (Å²) >= 11 is 3.32. The predicted molar refractivity (Wildman–Crippen MR) is 63.3 cm³/mol. The molecular weight excluding hydrogens is 299 g/mol. The summed E-state index contributed by atoms with van der Waals surface area (Å²) in [5.41, 5.74) is 0.951. The van der Waals surface area contributed by atoms with Gasteiger partial charge in [0.05, 0.1) is 18.1 Å². The monoisotopic (exact) mass is 311 g/mol. The van der Waals surface area contributed by atoms with Crippen LogP contribution in [0.3, 0.4) is 0 Å². The third kappa shape index (κ3) is 5.41. The molecule has 0 saturated carbocycles. The molecule has 1 aromatic rings. The van der Waals surface area contributed by atoms with Crippen LogP contribution in [0.15, 0.2) is 22.7 Å². The van der Waals surface area contributed by atoms with Gasteiger partial charge in [0.1, 0.15) is 5.75 Å². The Hall–Kier alpha value is -0.750. The molecular formula is C11H13BrF3NO. The molecule has 1 rings (SSSR count). The van der Waals surface area contributed by atoms with Crippen LogP contribution in [0.4, 0.5) is 13.2 Å². The van der Waals surface area contributed by atoms with Gasteiger partial charge in [-0.25, -0.2) is 0 Å². The molecule has 0 aliphatic rings. The standard InChI is InChI=1S/C11H13BrF3NO/c1-17-10-3-2-8(6-9(10)12)4-5-16-7-11(13,14)15/h2-3,6,16H,4-5,7H2,1H3. The van der Waals surface area contributed by atoms with Crippen molar-refractivity contribution in [3.05, 3.63) is 28.2 Å². The summed E-state index contributed by atoms with van der Waals surface area (Å²) in [5.74, 6) is 0.706. The van der Waals surface area contributed by atoms with Crippen molar-refractivity contribution in [3.8, 4) is 5.75 Å². The quantitative estimate of drug-likeness (QED) is 0.843. The summed E-state index contributed by atoms with van der Waals surface area (Å²) in [7, 11) is 1.56. The first-order valence-corrected chi connectivity index (χ1v) is 5.81. The molecule has 0 unspecified atom stereocenters. The zero-order chi connectivity index (χ0) is 12.9. The van der Waals surface area contributed by atoms with E-state index in [4.69, 9.17) is 4.74 Å². The summed E-state index contributed by atoms with van der Waals surface area (Å²) in [4.78, 5) is 0. The lowest BCUT2D eigenvalue weighted by Crippen LogP contribution is -2.30. The number of benzene rings is 1. The largest absolute Gasteiger partial charge is 0.496 e. The van der Waals surface area contributed by atoms with Crippen molar-refractivity contribution < 1.29 is 17.9 Å². The van der Waals surface area contributed by atoms with Gasteiger partial charge in [0, 0.05) is 0 Å². The number of hydrogen-bond donors (Lipinski definition) is 1. The number of rotatable bonds is 5. The molecule has 0 fully saturated rings. The van der Waals surface area contributed by atoms with E-state index in [2.05, 4.69) is 21.2 Å². The zero-order valence-electron chi connectivity index (χ0n) is 9.27. The van der Waals surface area contributed by atoms with E-state index in [0.29, 0.717) is 12.2 Å². The second-order valence-corrected chi connectivity index (χ2v) is 4.37. The van der Waals surface area contributed by atoms with Gasteiger partial charge in [-0.15, -0.1) is 0 Å². The maximum absolute atomic E-state index is 11.9. The van der Waals surface area contributed by atoms with Crippen LogP contribution in [0, 0.1) is 0 Å². The third-order valence-electron chi connectivity index (χ3n) is 2.13. The van der Waals surface area contributed by atoms with Crippen molar-refractivity contribution in [2.75, 3.05) is 20.2 Å². The van der Waals surface area contributed by atoms with E-state index in [1.54, 1.807) is 13.2 Å². The van der Waals surface area contributed by atoms with Gasteiger partial charge in [0.25, 0.3) is 0 Å². The highest BCUT2D eigenvalue weighted by Gasteiger charge is 2.25. The molecule has 0 bridgehead atoms. The highest BCUT2D eigenvalue weighted by Crippen LogP contribution is 2.25. The van der Waals surface area contributed by atoms with Crippen molar-refractivity contribution >= 4 is 15.9 Å². The predicted octanol–water partition coefficient (Wildman–Crippen LogP) is 3.15. The van der Waals surface area contributed by atoms with Gasteiger partial charge in [0.2, 0.25) is 0 Å². The topological polar surface area (TPSA) is 21.3 Å². The number of hydrogen-bond acceptors (Lipinski definition) is 2. The summed E-state index contributed by atoms with van der Waals surface area (Å²) in [6.45, 7) is -0.664. The molecule has 96 valence electrons. The Labute approximate surface area is 106 Å². The van der Waals surface area contributed by atoms with Crippen molar-refractivity contribution in [3.63, 3.8) is 0 Å². The van der Waals surface area contributed by atoms with Crippen LogP contribution < -0.4 is 10.1 Å². The maximum Gasteiger partial charge on any atom is 0.401 e. The van der Waals surface area contributed by atoms with Crippen LogP contribution >= 0.6 is 15.9 Å². The number of ether oxygens (including phenoxy) is 1. The lowest BCUT2D eigenvalue weighted by atomic mass is 10.1. The van der Waals surface area contributed by atoms with E-state index in [1.807, 2.05) is 12.1 Å². The molecule has 0 aliphatic heterocycles. The molecule has 0 aliphatic carbocycles.